The van der Waals surface area contributed by atoms with Crippen LogP contribution in [0.5, 0.6) is 0 Å². The van der Waals surface area contributed by atoms with E-state index in [9.17, 15) is 0 Å². The van der Waals surface area contributed by atoms with E-state index in [1.807, 2.05) is 0 Å². The average molecular weight is 225 g/mol. The van der Waals surface area contributed by atoms with Gasteiger partial charge < -0.3 is 0 Å². The van der Waals surface area contributed by atoms with E-state index in [1.165, 1.54) is 0 Å². The number of rotatable bonds is 0. The van der Waals surface area contributed by atoms with Gasteiger partial charge >= 0.3 is 32.3 Å². The van der Waals surface area contributed by atoms with Crippen LogP contribution < -0.4 is 0 Å². The molecule has 0 atom stereocenters. The van der Waals surface area contributed by atoms with Crippen LogP contribution in [0.3, 0.4) is 0 Å². The Morgan fingerprint density at radius 3 is 1.25 bits per heavy atom. The molecule has 0 aliphatic carbocycles. The third-order valence-electron chi connectivity index (χ3n) is 0. The fraction of sp³-hybridized carbons (Fsp3) is 1.00. The van der Waals surface area contributed by atoms with E-state index < -0.39 is 0 Å². The van der Waals surface area contributed by atoms with Gasteiger partial charge in [-0.3, -0.25) is 0 Å². The van der Waals surface area contributed by atoms with Crippen molar-refractivity contribution in [3.8, 4) is 0 Å². The van der Waals surface area contributed by atoms with Crippen LogP contribution in [0.25, 0.3) is 0 Å². The molecule has 0 nitrogen and oxygen atoms in total. The Balaban J connectivity index is 0. The first-order chi connectivity index (χ1) is 1.41. The van der Waals surface area contributed by atoms with Crippen LogP contribution in [0.1, 0.15) is 7.43 Å². The Morgan fingerprint density at radius 2 is 1.25 bits per heavy atom. The van der Waals surface area contributed by atoms with E-state index in [0.717, 1.165) is 0 Å². The first-order valence-corrected chi connectivity index (χ1v) is 8.19. The standard InChI is InChI=1S/CH4.2CH3.Hf/h1H4;2*1H3;. The molecule has 0 aromatic carbocycles. The first kappa shape index (κ1) is 8.85. The molecule has 0 aliphatic heterocycles. The normalized spacial score (nSPS) is 3.50. The van der Waals surface area contributed by atoms with Gasteiger partial charge in [0.25, 0.3) is 0 Å². The molecule has 4 heavy (non-hydrogen) atoms. The van der Waals surface area contributed by atoms with Crippen LogP contribution >= 0.6 is 0 Å². The zero-order chi connectivity index (χ0) is 2.71. The maximum absolute atomic E-state index is 2.32. The summed E-state index contributed by atoms with van der Waals surface area (Å²) in [5, 5.41) is 0. The van der Waals surface area contributed by atoms with Crippen molar-refractivity contribution in [1.29, 1.82) is 0 Å². The van der Waals surface area contributed by atoms with E-state index >= 15 is 0 Å². The van der Waals surface area contributed by atoms with Gasteiger partial charge in [0.15, 0.2) is 0 Å². The average Bonchev–Trinajstić information content (AvgIpc) is 0.918. The van der Waals surface area contributed by atoms with Crippen molar-refractivity contribution >= 4 is 0 Å². The second-order valence-corrected chi connectivity index (χ2v) is 4.09. The molecule has 0 radical (unpaired) electrons. The van der Waals surface area contributed by atoms with Crippen molar-refractivity contribution in [1.82, 2.24) is 0 Å². The topological polar surface area (TPSA) is 0 Å². The zero-order valence-electron chi connectivity index (χ0n) is 2.50. The fourth-order valence-corrected chi connectivity index (χ4v) is 0. The second-order valence-electron chi connectivity index (χ2n) is 0.500. The quantitative estimate of drug-likeness (QED) is 0.551. The summed E-state index contributed by atoms with van der Waals surface area (Å²) in [4.78, 5) is 0. The molecule has 0 heterocycles. The number of hydrogen-bond acceptors (Lipinski definition) is 0. The van der Waals surface area contributed by atoms with Crippen molar-refractivity contribution in [2.75, 3.05) is 0 Å². The molecule has 0 amide bonds. The first-order valence-electron chi connectivity index (χ1n) is 1.00. The van der Waals surface area contributed by atoms with E-state index in [0.29, 0.717) is 0 Å². The summed E-state index contributed by atoms with van der Waals surface area (Å²) in [6, 6.07) is 0. The van der Waals surface area contributed by atoms with E-state index in [-0.39, 0.29) is 30.3 Å². The van der Waals surface area contributed by atoms with Crippen molar-refractivity contribution < 1.29 is 22.9 Å². The van der Waals surface area contributed by atoms with Gasteiger partial charge in [0, 0.05) is 0 Å². The Hall–Kier alpha value is 0.870. The summed E-state index contributed by atoms with van der Waals surface area (Å²) in [6.07, 6.45) is 0. The molecule has 0 fully saturated rings. The van der Waals surface area contributed by atoms with Crippen LogP contribution in [-0.2, 0) is 22.9 Å². The van der Waals surface area contributed by atoms with E-state index in [4.69, 9.17) is 0 Å². The van der Waals surface area contributed by atoms with Crippen molar-refractivity contribution in [2.24, 2.45) is 0 Å². The molecule has 0 saturated carbocycles. The SMILES string of the molecule is C.[CH3][Hf][CH3]. The second kappa shape index (κ2) is 9.12. The summed E-state index contributed by atoms with van der Waals surface area (Å²) in [5.41, 5.74) is 0. The van der Waals surface area contributed by atoms with Gasteiger partial charge in [0.05, 0.1) is 0 Å². The van der Waals surface area contributed by atoms with Crippen LogP contribution in [0.15, 0.2) is 0 Å². The van der Waals surface area contributed by atoms with Gasteiger partial charge in [-0.1, -0.05) is 7.43 Å². The number of hydrogen-bond donors (Lipinski definition) is 0. The summed E-state index contributed by atoms with van der Waals surface area (Å²) in [5.74, 6) is 0. The summed E-state index contributed by atoms with van der Waals surface area (Å²) >= 11 is 0.0833. The molecule has 0 aromatic rings. The molecule has 0 rings (SSSR count). The van der Waals surface area contributed by atoms with Gasteiger partial charge in [0.1, 0.15) is 0 Å². The zero-order valence-corrected chi connectivity index (χ0v) is 6.09. The van der Waals surface area contributed by atoms with Crippen LogP contribution in [0.2, 0.25) is 9.36 Å². The van der Waals surface area contributed by atoms with Gasteiger partial charge in [-0.2, -0.15) is 0 Å². The molecule has 26 valence electrons. The summed E-state index contributed by atoms with van der Waals surface area (Å²) in [7, 11) is 0. The molecule has 0 aliphatic rings. The molecule has 0 bridgehead atoms. The predicted octanol–water partition coefficient (Wildman–Crippen LogP) is 1.80. The molecular formula is C3H10Hf. The molecule has 0 spiro atoms. The molecule has 0 unspecified atom stereocenters. The van der Waals surface area contributed by atoms with Gasteiger partial charge in [-0.25, -0.2) is 0 Å². The van der Waals surface area contributed by atoms with Gasteiger partial charge in [-0.05, 0) is 0 Å². The van der Waals surface area contributed by atoms with Gasteiger partial charge in [0.2, 0.25) is 0 Å². The minimum absolute atomic E-state index is 0. The minimum atomic E-state index is 0. The monoisotopic (exact) mass is 226 g/mol. The van der Waals surface area contributed by atoms with Crippen molar-refractivity contribution in [3.63, 3.8) is 0 Å². The Morgan fingerprint density at radius 1 is 1.25 bits per heavy atom. The summed E-state index contributed by atoms with van der Waals surface area (Å²) < 4.78 is 4.64. The molecule has 1 heteroatoms. The van der Waals surface area contributed by atoms with Crippen molar-refractivity contribution in [2.45, 2.75) is 16.8 Å². The molecular weight excluding hydrogens is 215 g/mol. The Labute approximate surface area is 40.0 Å². The van der Waals surface area contributed by atoms with Crippen LogP contribution in [0, 0.1) is 0 Å². The molecule has 0 N–H and O–H groups in total. The van der Waals surface area contributed by atoms with Crippen LogP contribution in [0.4, 0.5) is 0 Å². The third-order valence-corrected chi connectivity index (χ3v) is 0. The summed E-state index contributed by atoms with van der Waals surface area (Å²) in [6.45, 7) is 0. The maximum atomic E-state index is 2.32. The molecule has 0 saturated heterocycles. The third kappa shape index (κ3) is 13.3. The van der Waals surface area contributed by atoms with Crippen LogP contribution in [-0.4, -0.2) is 0 Å². The van der Waals surface area contributed by atoms with Crippen molar-refractivity contribution in [3.05, 3.63) is 0 Å². The molecule has 0 aromatic heterocycles. The van der Waals surface area contributed by atoms with E-state index in [2.05, 4.69) is 9.36 Å². The van der Waals surface area contributed by atoms with E-state index in [1.54, 1.807) is 0 Å². The fourth-order valence-electron chi connectivity index (χ4n) is 0. The Bertz CT molecular complexity index is 3.25. The predicted molar refractivity (Wildman–Crippen MR) is 18.5 cm³/mol. The Kier molecular flexibility index (Phi) is 20.2. The van der Waals surface area contributed by atoms with Gasteiger partial charge in [-0.15, -0.1) is 0 Å².